The average molecular weight is 224 g/mol. The lowest BCUT2D eigenvalue weighted by Crippen LogP contribution is -2.22. The van der Waals surface area contributed by atoms with Gasteiger partial charge in [-0.1, -0.05) is 48.5 Å². The van der Waals surface area contributed by atoms with Crippen molar-refractivity contribution in [1.82, 2.24) is 0 Å². The van der Waals surface area contributed by atoms with Gasteiger partial charge in [-0.15, -0.1) is 0 Å². The third-order valence-electron chi connectivity index (χ3n) is 3.64. The molecule has 0 aliphatic heterocycles. The van der Waals surface area contributed by atoms with E-state index in [1.165, 1.54) is 22.3 Å². The molecule has 86 valence electrons. The van der Waals surface area contributed by atoms with E-state index in [0.717, 1.165) is 6.42 Å². The van der Waals surface area contributed by atoms with Crippen LogP contribution < -0.4 is 0 Å². The number of aliphatic hydroxyl groups excluding tert-OH is 1. The number of benzene rings is 2. The summed E-state index contributed by atoms with van der Waals surface area (Å²) in [5, 5.41) is 10.1. The highest BCUT2D eigenvalue weighted by atomic mass is 16.3. The number of fused-ring (bicyclic) bond motifs is 2. The van der Waals surface area contributed by atoms with Gasteiger partial charge in [-0.05, 0) is 35.6 Å². The van der Waals surface area contributed by atoms with Crippen LogP contribution in [0.2, 0.25) is 0 Å². The van der Waals surface area contributed by atoms with Crippen LogP contribution in [0.25, 0.3) is 0 Å². The van der Waals surface area contributed by atoms with E-state index in [-0.39, 0.29) is 12.0 Å². The summed E-state index contributed by atoms with van der Waals surface area (Å²) in [7, 11) is 0. The molecule has 1 unspecified atom stereocenters. The van der Waals surface area contributed by atoms with E-state index in [4.69, 9.17) is 0 Å². The summed E-state index contributed by atoms with van der Waals surface area (Å²) in [6.45, 7) is 1.88. The third-order valence-corrected chi connectivity index (χ3v) is 3.64. The molecule has 1 aliphatic rings. The SMILES string of the molecule is CC(O)C1c2ccccc2Cc2ccccc21. The first-order valence-electron chi connectivity index (χ1n) is 6.11. The first-order chi connectivity index (χ1) is 8.27. The Morgan fingerprint density at radius 3 is 1.88 bits per heavy atom. The fourth-order valence-corrected chi connectivity index (χ4v) is 2.89. The number of hydrogen-bond acceptors (Lipinski definition) is 1. The molecule has 0 amide bonds. The highest BCUT2D eigenvalue weighted by molar-refractivity contribution is 5.49. The topological polar surface area (TPSA) is 20.2 Å². The molecule has 1 heteroatoms. The predicted octanol–water partition coefficient (Wildman–Crippen LogP) is 3.10. The second kappa shape index (κ2) is 4.01. The van der Waals surface area contributed by atoms with E-state index in [1.54, 1.807) is 0 Å². The Kier molecular flexibility index (Phi) is 2.49. The van der Waals surface area contributed by atoms with Crippen molar-refractivity contribution < 1.29 is 5.11 Å². The molecular weight excluding hydrogens is 208 g/mol. The summed E-state index contributed by atoms with van der Waals surface area (Å²) in [4.78, 5) is 0. The maximum Gasteiger partial charge on any atom is 0.0621 e. The smallest absolute Gasteiger partial charge is 0.0621 e. The van der Waals surface area contributed by atoms with Gasteiger partial charge in [0.1, 0.15) is 0 Å². The Morgan fingerprint density at radius 1 is 0.941 bits per heavy atom. The lowest BCUT2D eigenvalue weighted by atomic mass is 9.76. The van der Waals surface area contributed by atoms with Gasteiger partial charge < -0.3 is 5.11 Å². The Balaban J connectivity index is 2.21. The lowest BCUT2D eigenvalue weighted by molar-refractivity contribution is 0.175. The zero-order valence-electron chi connectivity index (χ0n) is 9.93. The van der Waals surface area contributed by atoms with Gasteiger partial charge in [0.25, 0.3) is 0 Å². The van der Waals surface area contributed by atoms with E-state index in [2.05, 4.69) is 48.5 Å². The van der Waals surface area contributed by atoms with Gasteiger partial charge in [0.2, 0.25) is 0 Å². The predicted molar refractivity (Wildman–Crippen MR) is 69.2 cm³/mol. The molecule has 0 saturated heterocycles. The summed E-state index contributed by atoms with van der Waals surface area (Å²) < 4.78 is 0. The molecule has 0 heterocycles. The second-order valence-corrected chi connectivity index (χ2v) is 4.79. The molecule has 1 nitrogen and oxygen atoms in total. The van der Waals surface area contributed by atoms with Crippen LogP contribution in [0.5, 0.6) is 0 Å². The van der Waals surface area contributed by atoms with Crippen LogP contribution >= 0.6 is 0 Å². The van der Waals surface area contributed by atoms with E-state index in [1.807, 2.05) is 6.92 Å². The van der Waals surface area contributed by atoms with Gasteiger partial charge in [-0.3, -0.25) is 0 Å². The van der Waals surface area contributed by atoms with Crippen molar-refractivity contribution in [1.29, 1.82) is 0 Å². The number of hydrogen-bond donors (Lipinski definition) is 1. The van der Waals surface area contributed by atoms with Gasteiger partial charge >= 0.3 is 0 Å². The fourth-order valence-electron chi connectivity index (χ4n) is 2.89. The van der Waals surface area contributed by atoms with Crippen molar-refractivity contribution in [3.63, 3.8) is 0 Å². The molecule has 0 fully saturated rings. The fraction of sp³-hybridized carbons (Fsp3) is 0.250. The third kappa shape index (κ3) is 1.67. The number of aliphatic hydroxyl groups is 1. The molecule has 0 bridgehead atoms. The van der Waals surface area contributed by atoms with Crippen molar-refractivity contribution in [3.05, 3.63) is 70.8 Å². The van der Waals surface area contributed by atoms with Gasteiger partial charge in [0, 0.05) is 5.92 Å². The molecule has 3 rings (SSSR count). The molecule has 1 atom stereocenters. The Labute approximate surface area is 102 Å². The van der Waals surface area contributed by atoms with Crippen molar-refractivity contribution in [2.75, 3.05) is 0 Å². The first kappa shape index (κ1) is 10.5. The normalized spacial score (nSPS) is 16.1. The van der Waals surface area contributed by atoms with Crippen LogP contribution in [0.4, 0.5) is 0 Å². The first-order valence-corrected chi connectivity index (χ1v) is 6.11. The molecular formula is C16H16O. The standard InChI is InChI=1S/C16H16O/c1-11(17)16-14-8-4-2-6-12(14)10-13-7-3-5-9-15(13)16/h2-9,11,16-17H,10H2,1H3. The van der Waals surface area contributed by atoms with E-state index < -0.39 is 0 Å². The largest absolute Gasteiger partial charge is 0.392 e. The van der Waals surface area contributed by atoms with Crippen molar-refractivity contribution in [2.45, 2.75) is 25.4 Å². The molecule has 2 aromatic rings. The average Bonchev–Trinajstić information content (AvgIpc) is 2.35. The number of rotatable bonds is 1. The monoisotopic (exact) mass is 224 g/mol. The summed E-state index contributed by atoms with van der Waals surface area (Å²) in [5.41, 5.74) is 5.25. The van der Waals surface area contributed by atoms with E-state index in [9.17, 15) is 5.11 Å². The summed E-state index contributed by atoms with van der Waals surface area (Å²) in [5.74, 6) is 0.121. The second-order valence-electron chi connectivity index (χ2n) is 4.79. The molecule has 0 saturated carbocycles. The zero-order chi connectivity index (χ0) is 11.8. The molecule has 17 heavy (non-hydrogen) atoms. The molecule has 2 aromatic carbocycles. The summed E-state index contributed by atoms with van der Waals surface area (Å²) >= 11 is 0. The Morgan fingerprint density at radius 2 is 1.41 bits per heavy atom. The minimum atomic E-state index is -0.349. The molecule has 1 aliphatic carbocycles. The molecule has 0 radical (unpaired) electrons. The summed E-state index contributed by atoms with van der Waals surface area (Å²) in [6, 6.07) is 16.9. The van der Waals surface area contributed by atoms with Crippen molar-refractivity contribution in [3.8, 4) is 0 Å². The van der Waals surface area contributed by atoms with Crippen LogP contribution in [0, 0.1) is 0 Å². The molecule has 0 aromatic heterocycles. The van der Waals surface area contributed by atoms with E-state index in [0.29, 0.717) is 0 Å². The van der Waals surface area contributed by atoms with Crippen LogP contribution in [0.15, 0.2) is 48.5 Å². The highest BCUT2D eigenvalue weighted by Crippen LogP contribution is 2.38. The maximum absolute atomic E-state index is 10.1. The maximum atomic E-state index is 10.1. The van der Waals surface area contributed by atoms with Crippen LogP contribution in [0.3, 0.4) is 0 Å². The Hall–Kier alpha value is -1.60. The van der Waals surface area contributed by atoms with Crippen LogP contribution in [0.1, 0.15) is 35.1 Å². The van der Waals surface area contributed by atoms with Crippen molar-refractivity contribution in [2.24, 2.45) is 0 Å². The molecule has 1 N–H and O–H groups in total. The van der Waals surface area contributed by atoms with Gasteiger partial charge in [-0.25, -0.2) is 0 Å². The minimum Gasteiger partial charge on any atom is -0.392 e. The van der Waals surface area contributed by atoms with Crippen molar-refractivity contribution >= 4 is 0 Å². The molecule has 0 spiro atoms. The zero-order valence-corrected chi connectivity index (χ0v) is 9.93. The Bertz CT molecular complexity index is 497. The highest BCUT2D eigenvalue weighted by Gasteiger charge is 2.27. The van der Waals surface area contributed by atoms with Gasteiger partial charge in [-0.2, -0.15) is 0 Å². The minimum absolute atomic E-state index is 0.121. The van der Waals surface area contributed by atoms with Crippen LogP contribution in [-0.4, -0.2) is 11.2 Å². The quantitative estimate of drug-likeness (QED) is 0.789. The van der Waals surface area contributed by atoms with Gasteiger partial charge in [0.05, 0.1) is 6.10 Å². The lowest BCUT2D eigenvalue weighted by Gasteiger charge is -2.30. The van der Waals surface area contributed by atoms with E-state index >= 15 is 0 Å². The summed E-state index contributed by atoms with van der Waals surface area (Å²) in [6.07, 6.45) is 0.632. The van der Waals surface area contributed by atoms with Gasteiger partial charge in [0.15, 0.2) is 0 Å². The van der Waals surface area contributed by atoms with Crippen LogP contribution in [-0.2, 0) is 6.42 Å².